The van der Waals surface area contributed by atoms with E-state index in [0.717, 1.165) is 96.7 Å². The van der Waals surface area contributed by atoms with Crippen molar-refractivity contribution in [1.29, 1.82) is 0 Å². The molecule has 0 radical (unpaired) electrons. The molecule has 2 saturated heterocycles. The largest absolute Gasteiger partial charge is 0.465 e. The first-order valence-corrected chi connectivity index (χ1v) is 18.2. The van der Waals surface area contributed by atoms with Gasteiger partial charge >= 0.3 is 5.97 Å². The van der Waals surface area contributed by atoms with Crippen molar-refractivity contribution in [3.05, 3.63) is 65.5 Å². The summed E-state index contributed by atoms with van der Waals surface area (Å²) in [5.74, 6) is 0.552. The van der Waals surface area contributed by atoms with Crippen LogP contribution in [0.4, 0.5) is 17.2 Å². The van der Waals surface area contributed by atoms with Gasteiger partial charge in [0.15, 0.2) is 5.82 Å². The molecule has 2 aromatic carbocycles. The van der Waals surface area contributed by atoms with Gasteiger partial charge in [-0.25, -0.2) is 14.8 Å². The lowest BCUT2D eigenvalue weighted by molar-refractivity contribution is -0.125. The molecule has 1 saturated carbocycles. The minimum absolute atomic E-state index is 0.163. The van der Waals surface area contributed by atoms with Crippen molar-refractivity contribution in [3.63, 3.8) is 0 Å². The molecule has 1 aliphatic carbocycles. The van der Waals surface area contributed by atoms with Crippen LogP contribution in [0.2, 0.25) is 0 Å². The van der Waals surface area contributed by atoms with Gasteiger partial charge in [-0.2, -0.15) is 0 Å². The maximum atomic E-state index is 14.6. The molecule has 10 nitrogen and oxygen atoms in total. The van der Waals surface area contributed by atoms with Crippen LogP contribution in [0.15, 0.2) is 48.8 Å². The number of benzene rings is 2. The Morgan fingerprint density at radius 2 is 1.82 bits per heavy atom. The molecular weight excluding hydrogens is 626 g/mol. The van der Waals surface area contributed by atoms with E-state index in [-0.39, 0.29) is 24.0 Å². The lowest BCUT2D eigenvalue weighted by Crippen LogP contribution is -2.57. The van der Waals surface area contributed by atoms with E-state index in [4.69, 9.17) is 14.7 Å². The fourth-order valence-electron chi connectivity index (χ4n) is 8.84. The van der Waals surface area contributed by atoms with Crippen LogP contribution in [0.1, 0.15) is 87.3 Å². The van der Waals surface area contributed by atoms with Crippen molar-refractivity contribution in [2.75, 3.05) is 43.5 Å². The summed E-state index contributed by atoms with van der Waals surface area (Å²) in [6.07, 6.45) is 6.78. The van der Waals surface area contributed by atoms with Crippen LogP contribution in [0.3, 0.4) is 0 Å². The Bertz CT molecular complexity index is 1990. The van der Waals surface area contributed by atoms with E-state index >= 15 is 0 Å². The second-order valence-corrected chi connectivity index (χ2v) is 16.0. The number of fused-ring (bicyclic) bond motifs is 3. The predicted molar refractivity (Wildman–Crippen MR) is 197 cm³/mol. The Kier molecular flexibility index (Phi) is 8.02. The molecule has 3 fully saturated rings. The molecule has 1 spiro atoms. The van der Waals surface area contributed by atoms with Gasteiger partial charge in [-0.15, -0.1) is 0 Å². The van der Waals surface area contributed by atoms with Crippen LogP contribution in [-0.4, -0.2) is 76.7 Å². The number of aryl methyl sites for hydroxylation is 1. The number of nitrogens with one attached hydrogen (secondary N) is 2. The minimum atomic E-state index is -0.469. The molecule has 4 aromatic rings. The van der Waals surface area contributed by atoms with Crippen molar-refractivity contribution < 1.29 is 14.3 Å². The van der Waals surface area contributed by atoms with Gasteiger partial charge in [-0.1, -0.05) is 32.0 Å². The SMILES string of the molecule is COC(=O)c1cc(Nc2nc(-c3ccc4c(c3)N(C3CC(N5CCC(C)(C)C5)C3)C(=O)C43CCNCC3)cc3ncn(C(C)C)c23)ccc1C. The number of esters is 1. The number of methoxy groups -OCH3 is 1. The second kappa shape index (κ2) is 12.2. The minimum Gasteiger partial charge on any atom is -0.465 e. The number of carbonyl (C=O) groups is 2. The Morgan fingerprint density at radius 1 is 1.04 bits per heavy atom. The normalized spacial score (nSPS) is 22.7. The lowest BCUT2D eigenvalue weighted by atomic mass is 9.74. The topological polar surface area (TPSA) is 105 Å². The molecule has 0 unspecified atom stereocenters. The van der Waals surface area contributed by atoms with Gasteiger partial charge in [0.1, 0.15) is 5.52 Å². The summed E-state index contributed by atoms with van der Waals surface area (Å²) in [5.41, 5.74) is 7.63. The van der Waals surface area contributed by atoms with E-state index in [9.17, 15) is 9.59 Å². The summed E-state index contributed by atoms with van der Waals surface area (Å²) in [6.45, 7) is 14.9. The monoisotopic (exact) mass is 675 g/mol. The van der Waals surface area contributed by atoms with Crippen LogP contribution in [0.25, 0.3) is 22.3 Å². The van der Waals surface area contributed by atoms with Gasteiger partial charge in [-0.05, 0) is 113 Å². The summed E-state index contributed by atoms with van der Waals surface area (Å²) in [5, 5.41) is 7.01. The summed E-state index contributed by atoms with van der Waals surface area (Å²) >= 11 is 0. The number of hydrogen-bond acceptors (Lipinski definition) is 8. The highest BCUT2D eigenvalue weighted by atomic mass is 16.5. The number of piperidine rings is 1. The van der Waals surface area contributed by atoms with Crippen molar-refractivity contribution in [1.82, 2.24) is 24.8 Å². The highest BCUT2D eigenvalue weighted by Crippen LogP contribution is 2.52. The molecule has 0 bridgehead atoms. The number of imidazole rings is 1. The van der Waals surface area contributed by atoms with Gasteiger partial charge < -0.3 is 24.8 Å². The molecule has 5 heterocycles. The number of anilines is 3. The number of likely N-dealkylation sites (tertiary alicyclic amines) is 1. The molecule has 8 rings (SSSR count). The number of amides is 1. The van der Waals surface area contributed by atoms with Crippen LogP contribution >= 0.6 is 0 Å². The van der Waals surface area contributed by atoms with E-state index in [2.05, 4.69) is 70.9 Å². The number of pyridine rings is 1. The smallest absolute Gasteiger partial charge is 0.338 e. The third kappa shape index (κ3) is 5.39. The number of nitrogens with zero attached hydrogens (tertiary/aromatic N) is 5. The van der Waals surface area contributed by atoms with Crippen molar-refractivity contribution in [2.24, 2.45) is 5.41 Å². The van der Waals surface area contributed by atoms with Gasteiger partial charge in [-0.3, -0.25) is 9.69 Å². The zero-order valence-corrected chi connectivity index (χ0v) is 30.2. The van der Waals surface area contributed by atoms with E-state index in [1.54, 1.807) is 0 Å². The van der Waals surface area contributed by atoms with Crippen LogP contribution < -0.4 is 15.5 Å². The van der Waals surface area contributed by atoms with Gasteiger partial charge in [0, 0.05) is 41.6 Å². The molecule has 4 aliphatic rings. The zero-order valence-electron chi connectivity index (χ0n) is 30.2. The molecular formula is C40H49N7O3. The predicted octanol–water partition coefficient (Wildman–Crippen LogP) is 6.75. The summed E-state index contributed by atoms with van der Waals surface area (Å²) < 4.78 is 7.15. The molecule has 0 atom stereocenters. The van der Waals surface area contributed by atoms with Gasteiger partial charge in [0.05, 0.1) is 35.6 Å². The van der Waals surface area contributed by atoms with Crippen LogP contribution in [0.5, 0.6) is 0 Å². The van der Waals surface area contributed by atoms with E-state index in [0.29, 0.717) is 22.8 Å². The van der Waals surface area contributed by atoms with Gasteiger partial charge in [0.2, 0.25) is 5.91 Å². The first kappa shape index (κ1) is 32.9. The zero-order chi connectivity index (χ0) is 34.9. The molecule has 262 valence electrons. The fourth-order valence-corrected chi connectivity index (χ4v) is 8.84. The maximum absolute atomic E-state index is 14.6. The lowest BCUT2D eigenvalue weighted by Gasteiger charge is -2.46. The Hall–Kier alpha value is -4.28. The van der Waals surface area contributed by atoms with E-state index in [1.807, 2.05) is 37.5 Å². The summed E-state index contributed by atoms with van der Waals surface area (Å²) in [7, 11) is 1.40. The average molecular weight is 676 g/mol. The third-order valence-corrected chi connectivity index (χ3v) is 11.8. The summed E-state index contributed by atoms with van der Waals surface area (Å²) in [6, 6.07) is 15.2. The standard InChI is InChI=1S/C40H49N7O3/c1-24(2)46-23-42-33-21-32(44-36(35(33)46)43-27-9-7-25(3)30(18-27)37(48)50-6)26-8-10-31-34(17-26)47(38(49)40(31)11-14-41-15-12-40)29-19-28(20-29)45-16-13-39(4,5)22-45/h7-10,17-18,21,23-24,28-29,41H,11-16,19-20,22H2,1-6H3,(H,43,44). The number of aromatic nitrogens is 3. The number of carbonyl (C=O) groups excluding carboxylic acids is 2. The first-order valence-electron chi connectivity index (χ1n) is 18.2. The Labute approximate surface area is 294 Å². The molecule has 3 aliphatic heterocycles. The quantitative estimate of drug-likeness (QED) is 0.208. The number of hydrogen-bond donors (Lipinski definition) is 2. The van der Waals surface area contributed by atoms with E-state index in [1.165, 1.54) is 13.5 Å². The van der Waals surface area contributed by atoms with Crippen LogP contribution in [0, 0.1) is 12.3 Å². The van der Waals surface area contributed by atoms with Crippen molar-refractivity contribution in [2.45, 2.75) is 90.3 Å². The first-order chi connectivity index (χ1) is 24.0. The maximum Gasteiger partial charge on any atom is 0.338 e. The molecule has 10 heteroatoms. The molecule has 1 amide bonds. The highest BCUT2D eigenvalue weighted by Gasteiger charge is 2.55. The van der Waals surface area contributed by atoms with Crippen molar-refractivity contribution >= 4 is 40.1 Å². The van der Waals surface area contributed by atoms with Gasteiger partial charge in [0.25, 0.3) is 0 Å². The highest BCUT2D eigenvalue weighted by molar-refractivity contribution is 6.09. The third-order valence-electron chi connectivity index (χ3n) is 11.8. The Morgan fingerprint density at radius 3 is 2.52 bits per heavy atom. The molecule has 2 N–H and O–H groups in total. The average Bonchev–Trinajstić information content (AvgIpc) is 3.74. The Balaban J connectivity index is 1.18. The fraction of sp³-hybridized carbons (Fsp3) is 0.500. The number of rotatable bonds is 7. The summed E-state index contributed by atoms with van der Waals surface area (Å²) in [4.78, 5) is 42.0. The molecule has 2 aromatic heterocycles. The van der Waals surface area contributed by atoms with E-state index < -0.39 is 5.41 Å². The molecule has 50 heavy (non-hydrogen) atoms. The second-order valence-electron chi connectivity index (χ2n) is 16.0. The van der Waals surface area contributed by atoms with Crippen LogP contribution in [-0.2, 0) is 14.9 Å². The number of ether oxygens (including phenoxy) is 1. The van der Waals surface area contributed by atoms with Crippen molar-refractivity contribution in [3.8, 4) is 11.3 Å².